The van der Waals surface area contributed by atoms with Crippen LogP contribution >= 0.6 is 0 Å². The van der Waals surface area contributed by atoms with Crippen molar-refractivity contribution in [3.8, 4) is 0 Å². The van der Waals surface area contributed by atoms with E-state index in [1.165, 1.54) is 6.07 Å². The van der Waals surface area contributed by atoms with E-state index < -0.39 is 17.5 Å². The molecule has 1 amide bonds. The van der Waals surface area contributed by atoms with E-state index in [2.05, 4.69) is 5.32 Å². The van der Waals surface area contributed by atoms with Gasteiger partial charge in [0.25, 0.3) is 0 Å². The largest absolute Gasteiger partial charge is 0.394 e. The van der Waals surface area contributed by atoms with Gasteiger partial charge >= 0.3 is 0 Å². The maximum Gasteiger partial charge on any atom is 0.224 e. The topological polar surface area (TPSA) is 49.3 Å². The monoisotopic (exact) mass is 257 g/mol. The van der Waals surface area contributed by atoms with E-state index in [0.29, 0.717) is 0 Å². The van der Waals surface area contributed by atoms with E-state index in [1.54, 1.807) is 0 Å². The maximum absolute atomic E-state index is 13.3. The van der Waals surface area contributed by atoms with Gasteiger partial charge in [-0.15, -0.1) is 0 Å². The molecule has 0 aliphatic carbocycles. The maximum atomic E-state index is 13.3. The standard InChI is InChI=1S/C13H17F2NO2/c1-8(2)12(7-17)16-13(18)5-9-3-4-10(14)6-11(9)15/h3-4,6,8,12,17H,5,7H2,1-2H3,(H,16,18). The lowest BCUT2D eigenvalue weighted by Gasteiger charge is -2.19. The molecule has 1 aromatic rings. The molecule has 18 heavy (non-hydrogen) atoms. The number of nitrogens with one attached hydrogen (secondary N) is 1. The van der Waals surface area contributed by atoms with Gasteiger partial charge in [-0.3, -0.25) is 4.79 Å². The van der Waals surface area contributed by atoms with E-state index in [0.717, 1.165) is 12.1 Å². The molecule has 1 atom stereocenters. The lowest BCUT2D eigenvalue weighted by Crippen LogP contribution is -2.41. The Labute approximate surface area is 105 Å². The first-order chi connectivity index (χ1) is 8.43. The van der Waals surface area contributed by atoms with Gasteiger partial charge in [-0.2, -0.15) is 0 Å². The van der Waals surface area contributed by atoms with Crippen LogP contribution in [0.3, 0.4) is 0 Å². The highest BCUT2D eigenvalue weighted by Gasteiger charge is 2.16. The van der Waals surface area contributed by atoms with Crippen LogP contribution in [0.4, 0.5) is 8.78 Å². The summed E-state index contributed by atoms with van der Waals surface area (Å²) in [5.74, 6) is -1.73. The molecule has 0 aromatic heterocycles. The lowest BCUT2D eigenvalue weighted by atomic mass is 10.0. The fourth-order valence-electron chi connectivity index (χ4n) is 1.52. The van der Waals surface area contributed by atoms with Gasteiger partial charge < -0.3 is 10.4 Å². The normalized spacial score (nSPS) is 12.6. The molecule has 0 bridgehead atoms. The van der Waals surface area contributed by atoms with Gasteiger partial charge in [-0.1, -0.05) is 19.9 Å². The summed E-state index contributed by atoms with van der Waals surface area (Å²) >= 11 is 0. The molecule has 0 radical (unpaired) electrons. The Morgan fingerprint density at radius 2 is 2.06 bits per heavy atom. The molecule has 5 heteroatoms. The first-order valence-corrected chi connectivity index (χ1v) is 5.78. The van der Waals surface area contributed by atoms with E-state index in [9.17, 15) is 13.6 Å². The van der Waals surface area contributed by atoms with Crippen LogP contribution in [0.15, 0.2) is 18.2 Å². The van der Waals surface area contributed by atoms with Crippen molar-refractivity contribution in [1.29, 1.82) is 0 Å². The van der Waals surface area contributed by atoms with E-state index in [-0.39, 0.29) is 30.6 Å². The third-order valence-corrected chi connectivity index (χ3v) is 2.71. The van der Waals surface area contributed by atoms with Crippen LogP contribution < -0.4 is 5.32 Å². The Kier molecular flexibility index (Phi) is 5.22. The van der Waals surface area contributed by atoms with Crippen molar-refractivity contribution in [3.63, 3.8) is 0 Å². The van der Waals surface area contributed by atoms with Crippen LogP contribution in [-0.4, -0.2) is 23.7 Å². The van der Waals surface area contributed by atoms with Crippen LogP contribution in [0.2, 0.25) is 0 Å². The minimum atomic E-state index is -0.741. The van der Waals surface area contributed by atoms with E-state index in [1.807, 2.05) is 13.8 Å². The molecule has 2 N–H and O–H groups in total. The number of hydrogen-bond acceptors (Lipinski definition) is 2. The van der Waals surface area contributed by atoms with Gasteiger partial charge in [0.15, 0.2) is 0 Å². The summed E-state index contributed by atoms with van der Waals surface area (Å²) in [7, 11) is 0. The van der Waals surface area contributed by atoms with Crippen molar-refractivity contribution in [2.45, 2.75) is 26.3 Å². The number of carbonyl (C=O) groups is 1. The smallest absolute Gasteiger partial charge is 0.224 e. The predicted octanol–water partition coefficient (Wildman–Crippen LogP) is 1.64. The summed E-state index contributed by atoms with van der Waals surface area (Å²) in [4.78, 5) is 11.6. The first kappa shape index (κ1) is 14.6. The number of carbonyl (C=O) groups excluding carboxylic acids is 1. The minimum absolute atomic E-state index is 0.0806. The fourth-order valence-corrected chi connectivity index (χ4v) is 1.52. The number of rotatable bonds is 5. The average molecular weight is 257 g/mol. The molecule has 0 saturated heterocycles. The Morgan fingerprint density at radius 1 is 1.39 bits per heavy atom. The van der Waals surface area contributed by atoms with Gasteiger partial charge in [0.2, 0.25) is 5.91 Å². The molecule has 1 aromatic carbocycles. The Hall–Kier alpha value is -1.49. The predicted molar refractivity (Wildman–Crippen MR) is 63.9 cm³/mol. The number of amides is 1. The van der Waals surface area contributed by atoms with Gasteiger partial charge in [-0.25, -0.2) is 8.78 Å². The zero-order valence-corrected chi connectivity index (χ0v) is 10.4. The molecule has 1 unspecified atom stereocenters. The molecule has 0 fully saturated rings. The van der Waals surface area contributed by atoms with E-state index >= 15 is 0 Å². The molecule has 100 valence electrons. The summed E-state index contributed by atoms with van der Waals surface area (Å²) in [5.41, 5.74) is 0.134. The summed E-state index contributed by atoms with van der Waals surface area (Å²) in [6.07, 6.45) is -0.171. The molecule has 0 aliphatic heterocycles. The highest BCUT2D eigenvalue weighted by atomic mass is 19.1. The molecule has 0 aliphatic rings. The van der Waals surface area contributed by atoms with Crippen LogP contribution in [0, 0.1) is 17.6 Å². The quantitative estimate of drug-likeness (QED) is 0.842. The molecule has 0 saturated carbocycles. The van der Waals surface area contributed by atoms with Crippen molar-refractivity contribution >= 4 is 5.91 Å². The lowest BCUT2D eigenvalue weighted by molar-refractivity contribution is -0.121. The van der Waals surface area contributed by atoms with Crippen molar-refractivity contribution in [1.82, 2.24) is 5.32 Å². The SMILES string of the molecule is CC(C)C(CO)NC(=O)Cc1ccc(F)cc1F. The molecule has 0 spiro atoms. The average Bonchev–Trinajstić information content (AvgIpc) is 2.29. The summed E-state index contributed by atoms with van der Waals surface area (Å²) in [6.45, 7) is 3.55. The van der Waals surface area contributed by atoms with Crippen LogP contribution in [-0.2, 0) is 11.2 Å². The van der Waals surface area contributed by atoms with Gasteiger partial charge in [0.1, 0.15) is 11.6 Å². The molecule has 1 rings (SSSR count). The zero-order valence-electron chi connectivity index (χ0n) is 10.4. The van der Waals surface area contributed by atoms with E-state index in [4.69, 9.17) is 5.11 Å². The summed E-state index contributed by atoms with van der Waals surface area (Å²) in [5, 5.41) is 11.7. The minimum Gasteiger partial charge on any atom is -0.394 e. The first-order valence-electron chi connectivity index (χ1n) is 5.78. The summed E-state index contributed by atoms with van der Waals surface area (Å²) in [6, 6.07) is 2.74. The fraction of sp³-hybridized carbons (Fsp3) is 0.462. The van der Waals surface area contributed by atoms with Crippen LogP contribution in [0.1, 0.15) is 19.4 Å². The molecular weight excluding hydrogens is 240 g/mol. The molecule has 0 heterocycles. The van der Waals surface area contributed by atoms with Gasteiger partial charge in [-0.05, 0) is 17.5 Å². The Balaban J connectivity index is 2.64. The Morgan fingerprint density at radius 3 is 2.56 bits per heavy atom. The van der Waals surface area contributed by atoms with Crippen molar-refractivity contribution in [2.75, 3.05) is 6.61 Å². The van der Waals surface area contributed by atoms with Gasteiger partial charge in [0.05, 0.1) is 19.1 Å². The highest BCUT2D eigenvalue weighted by molar-refractivity contribution is 5.78. The number of halogens is 2. The molecular formula is C13H17F2NO2. The van der Waals surface area contributed by atoms with Crippen molar-refractivity contribution in [2.24, 2.45) is 5.92 Å². The van der Waals surface area contributed by atoms with Crippen molar-refractivity contribution < 1.29 is 18.7 Å². The Bertz CT molecular complexity index is 421. The third kappa shape index (κ3) is 4.07. The second-order valence-electron chi connectivity index (χ2n) is 4.51. The number of benzene rings is 1. The van der Waals surface area contributed by atoms with Gasteiger partial charge in [0, 0.05) is 6.07 Å². The van der Waals surface area contributed by atoms with Crippen LogP contribution in [0.5, 0.6) is 0 Å². The second-order valence-corrected chi connectivity index (χ2v) is 4.51. The number of aliphatic hydroxyl groups excluding tert-OH is 1. The second kappa shape index (κ2) is 6.44. The summed E-state index contributed by atoms with van der Waals surface area (Å²) < 4.78 is 26.0. The van der Waals surface area contributed by atoms with Crippen LogP contribution in [0.25, 0.3) is 0 Å². The third-order valence-electron chi connectivity index (χ3n) is 2.71. The zero-order chi connectivity index (χ0) is 13.7. The highest BCUT2D eigenvalue weighted by Crippen LogP contribution is 2.10. The molecule has 3 nitrogen and oxygen atoms in total. The number of hydrogen-bond donors (Lipinski definition) is 2. The van der Waals surface area contributed by atoms with Crippen molar-refractivity contribution in [3.05, 3.63) is 35.4 Å². The number of aliphatic hydroxyl groups is 1.